The van der Waals surface area contributed by atoms with Crippen LogP contribution >= 0.6 is 0 Å². The van der Waals surface area contributed by atoms with Crippen LogP contribution in [0.4, 0.5) is 0 Å². The maximum Gasteiger partial charge on any atom is 0.0661 e. The number of fused-ring (bicyclic) bond motifs is 5. The minimum absolute atomic E-state index is 0.0105. The van der Waals surface area contributed by atoms with E-state index in [0.717, 1.165) is 56.4 Å². The Bertz CT molecular complexity index is 672. The lowest BCUT2D eigenvalue weighted by atomic mass is 9.41. The Hall–Kier alpha value is -1.10. The molecule has 0 aromatic carbocycles. The molecular formula is C22H36N2O3. The smallest absolute Gasteiger partial charge is 0.0661 e. The van der Waals surface area contributed by atoms with Gasteiger partial charge in [0.2, 0.25) is 0 Å². The number of rotatable bonds is 1. The number of aliphatic hydroxyl groups is 1. The van der Waals surface area contributed by atoms with Gasteiger partial charge in [0.15, 0.2) is 0 Å². The zero-order valence-corrected chi connectivity index (χ0v) is 17.3. The van der Waals surface area contributed by atoms with Crippen molar-refractivity contribution in [2.24, 2.45) is 50.7 Å². The Labute approximate surface area is 162 Å². The summed E-state index contributed by atoms with van der Waals surface area (Å²) in [6.45, 7) is 8.73. The molecule has 0 aliphatic heterocycles. The second-order valence-corrected chi connectivity index (χ2v) is 10.8. The lowest BCUT2D eigenvalue weighted by Crippen LogP contribution is -2.63. The quantitative estimate of drug-likeness (QED) is 0.353. The molecule has 5 heteroatoms. The third-order valence-electron chi connectivity index (χ3n) is 9.49. The van der Waals surface area contributed by atoms with Crippen molar-refractivity contribution >= 4 is 11.4 Å². The highest BCUT2D eigenvalue weighted by Gasteiger charge is 2.66. The van der Waals surface area contributed by atoms with Gasteiger partial charge < -0.3 is 15.5 Å². The van der Waals surface area contributed by atoms with Crippen LogP contribution in [0.15, 0.2) is 10.3 Å². The molecule has 0 heterocycles. The zero-order chi connectivity index (χ0) is 19.6. The van der Waals surface area contributed by atoms with Crippen LogP contribution in [0.25, 0.3) is 0 Å². The van der Waals surface area contributed by atoms with Crippen LogP contribution in [0.3, 0.4) is 0 Å². The Morgan fingerprint density at radius 3 is 2.44 bits per heavy atom. The van der Waals surface area contributed by atoms with E-state index in [1.807, 2.05) is 6.92 Å². The fourth-order valence-electron chi connectivity index (χ4n) is 8.68. The molecule has 4 saturated carbocycles. The third-order valence-corrected chi connectivity index (χ3v) is 9.49. The summed E-state index contributed by atoms with van der Waals surface area (Å²) < 4.78 is 0. The summed E-state index contributed by atoms with van der Waals surface area (Å²) >= 11 is 0. The molecule has 4 fully saturated rings. The second kappa shape index (κ2) is 6.20. The van der Waals surface area contributed by atoms with Crippen molar-refractivity contribution in [3.63, 3.8) is 0 Å². The van der Waals surface area contributed by atoms with E-state index in [-0.39, 0.29) is 16.7 Å². The first-order valence-corrected chi connectivity index (χ1v) is 10.8. The Kier molecular flexibility index (Phi) is 4.41. The van der Waals surface area contributed by atoms with Crippen molar-refractivity contribution in [1.29, 1.82) is 0 Å². The molecule has 152 valence electrons. The van der Waals surface area contributed by atoms with Gasteiger partial charge in [0, 0.05) is 5.92 Å². The number of hydrogen-bond donors (Lipinski definition) is 3. The summed E-state index contributed by atoms with van der Waals surface area (Å²) in [6, 6.07) is 0. The summed E-state index contributed by atoms with van der Waals surface area (Å²) in [6.07, 6.45) is 8.09. The predicted molar refractivity (Wildman–Crippen MR) is 105 cm³/mol. The molecule has 3 N–H and O–H groups in total. The first-order chi connectivity index (χ1) is 12.7. The summed E-state index contributed by atoms with van der Waals surface area (Å²) in [4.78, 5) is 0. The first-order valence-electron chi connectivity index (χ1n) is 10.8. The van der Waals surface area contributed by atoms with Crippen molar-refractivity contribution < 1.29 is 15.5 Å². The summed E-state index contributed by atoms with van der Waals surface area (Å²) in [5, 5.41) is 37.6. The summed E-state index contributed by atoms with van der Waals surface area (Å²) in [7, 11) is 0. The fourth-order valence-corrected chi connectivity index (χ4v) is 8.68. The van der Waals surface area contributed by atoms with Gasteiger partial charge in [0.25, 0.3) is 0 Å². The van der Waals surface area contributed by atoms with Crippen LogP contribution in [-0.2, 0) is 0 Å². The average Bonchev–Trinajstić information content (AvgIpc) is 2.95. The molecule has 8 unspecified atom stereocenters. The standard InChI is InChI=1S/C22H36N2O3/c1-13(23-26)17-7-8-18-16-6-5-14-11-15(24-27)9-10-20(14,2)19(16)22(4,25)12-21(17,18)3/h14,16-19,25-27H,5-12H2,1-4H3/b23-13+,24-15+. The number of nitrogens with zero attached hydrogens (tertiary/aromatic N) is 2. The average molecular weight is 377 g/mol. The van der Waals surface area contributed by atoms with Crippen molar-refractivity contribution in [2.75, 3.05) is 0 Å². The van der Waals surface area contributed by atoms with Gasteiger partial charge in [-0.3, -0.25) is 0 Å². The van der Waals surface area contributed by atoms with Crippen LogP contribution in [-0.4, -0.2) is 32.5 Å². The maximum absolute atomic E-state index is 11.8. The van der Waals surface area contributed by atoms with E-state index in [4.69, 9.17) is 0 Å². The second-order valence-electron chi connectivity index (χ2n) is 10.8. The van der Waals surface area contributed by atoms with E-state index in [0.29, 0.717) is 23.7 Å². The molecule has 0 saturated heterocycles. The minimum atomic E-state index is -0.713. The maximum atomic E-state index is 11.8. The Morgan fingerprint density at radius 2 is 1.78 bits per heavy atom. The highest BCUT2D eigenvalue weighted by atomic mass is 16.4. The van der Waals surface area contributed by atoms with Crippen molar-refractivity contribution in [2.45, 2.75) is 84.7 Å². The monoisotopic (exact) mass is 376 g/mol. The van der Waals surface area contributed by atoms with E-state index < -0.39 is 5.60 Å². The highest BCUT2D eigenvalue weighted by Crippen LogP contribution is 2.69. The first kappa shape index (κ1) is 19.2. The normalized spacial score (nSPS) is 54.3. The largest absolute Gasteiger partial charge is 0.411 e. The zero-order valence-electron chi connectivity index (χ0n) is 17.3. The SMILES string of the molecule is C/C(=N\O)C1CCC2C3CCC4C/C(=N/O)CCC4(C)C3C(C)(O)CC12C. The van der Waals surface area contributed by atoms with Crippen LogP contribution < -0.4 is 0 Å². The molecule has 0 bridgehead atoms. The van der Waals surface area contributed by atoms with E-state index in [1.54, 1.807) is 0 Å². The van der Waals surface area contributed by atoms with Crippen LogP contribution in [0.2, 0.25) is 0 Å². The van der Waals surface area contributed by atoms with Gasteiger partial charge >= 0.3 is 0 Å². The van der Waals surface area contributed by atoms with E-state index in [9.17, 15) is 15.5 Å². The van der Waals surface area contributed by atoms with Gasteiger partial charge in [-0.2, -0.15) is 0 Å². The lowest BCUT2D eigenvalue weighted by Gasteiger charge is -2.65. The molecule has 0 radical (unpaired) electrons. The summed E-state index contributed by atoms with van der Waals surface area (Å²) in [5.41, 5.74) is 1.18. The van der Waals surface area contributed by atoms with Crippen molar-refractivity contribution in [3.05, 3.63) is 0 Å². The number of oxime groups is 2. The molecule has 0 aromatic rings. The van der Waals surface area contributed by atoms with Crippen LogP contribution in [0.1, 0.15) is 79.1 Å². The van der Waals surface area contributed by atoms with Crippen LogP contribution in [0, 0.1) is 40.4 Å². The molecule has 8 atom stereocenters. The third kappa shape index (κ3) is 2.60. The molecule has 0 aromatic heterocycles. The van der Waals surface area contributed by atoms with E-state index in [2.05, 4.69) is 31.1 Å². The molecule has 5 nitrogen and oxygen atoms in total. The predicted octanol–water partition coefficient (Wildman–Crippen LogP) is 4.69. The molecule has 0 spiro atoms. The lowest BCUT2D eigenvalue weighted by molar-refractivity contribution is -0.206. The van der Waals surface area contributed by atoms with Gasteiger partial charge in [-0.25, -0.2) is 0 Å². The van der Waals surface area contributed by atoms with Crippen molar-refractivity contribution in [3.8, 4) is 0 Å². The molecule has 4 aliphatic rings. The molecule has 4 rings (SSSR count). The Balaban J connectivity index is 1.71. The van der Waals surface area contributed by atoms with Crippen molar-refractivity contribution in [1.82, 2.24) is 0 Å². The molecule has 4 aliphatic carbocycles. The topological polar surface area (TPSA) is 85.4 Å². The molecule has 27 heavy (non-hydrogen) atoms. The highest BCUT2D eigenvalue weighted by molar-refractivity contribution is 5.85. The molecular weight excluding hydrogens is 340 g/mol. The van der Waals surface area contributed by atoms with Crippen LogP contribution in [0.5, 0.6) is 0 Å². The Morgan fingerprint density at radius 1 is 1.04 bits per heavy atom. The van der Waals surface area contributed by atoms with E-state index >= 15 is 0 Å². The fraction of sp³-hybridized carbons (Fsp3) is 0.909. The van der Waals surface area contributed by atoms with Gasteiger partial charge in [-0.1, -0.05) is 24.2 Å². The van der Waals surface area contributed by atoms with Gasteiger partial charge in [0.1, 0.15) is 0 Å². The van der Waals surface area contributed by atoms with Gasteiger partial charge in [-0.15, -0.1) is 0 Å². The molecule has 0 amide bonds. The summed E-state index contributed by atoms with van der Waals surface area (Å²) in [5.74, 6) is 2.20. The van der Waals surface area contributed by atoms with Gasteiger partial charge in [0.05, 0.1) is 17.0 Å². The van der Waals surface area contributed by atoms with E-state index in [1.165, 1.54) is 6.42 Å². The number of hydrogen-bond acceptors (Lipinski definition) is 5. The van der Waals surface area contributed by atoms with Gasteiger partial charge in [-0.05, 0) is 99.7 Å². The minimum Gasteiger partial charge on any atom is -0.411 e.